The third kappa shape index (κ3) is 3.36. The number of benzene rings is 1. The van der Waals surface area contributed by atoms with Gasteiger partial charge in [0.25, 0.3) is 0 Å². The normalized spacial score (nSPS) is 25.4. The number of carbonyl (C=O) groups is 1. The molecule has 1 aliphatic carbocycles. The van der Waals surface area contributed by atoms with E-state index in [2.05, 4.69) is 33.3 Å². The Morgan fingerprint density at radius 2 is 1.92 bits per heavy atom. The van der Waals surface area contributed by atoms with Gasteiger partial charge in [0.05, 0.1) is 6.04 Å². The molecule has 3 atom stereocenters. The first kappa shape index (κ1) is 16.1. The van der Waals surface area contributed by atoms with E-state index in [4.69, 9.17) is 0 Å². The van der Waals surface area contributed by atoms with Crippen LogP contribution < -0.4 is 21.7 Å². The highest BCUT2D eigenvalue weighted by Crippen LogP contribution is 2.28. The lowest BCUT2D eigenvalue weighted by Gasteiger charge is -2.27. The Hall–Kier alpha value is -2.44. The minimum Gasteiger partial charge on any atom is -0.348 e. The first-order valence-electron chi connectivity index (χ1n) is 8.79. The van der Waals surface area contributed by atoms with E-state index < -0.39 is 0 Å². The Balaban J connectivity index is 1.43. The number of hydrogen-bond donors (Lipinski definition) is 4. The van der Waals surface area contributed by atoms with E-state index in [9.17, 15) is 9.59 Å². The Bertz CT molecular complexity index is 818. The molecule has 1 fully saturated rings. The molecule has 0 spiro atoms. The number of rotatable bonds is 3. The Morgan fingerprint density at radius 1 is 1.08 bits per heavy atom. The molecule has 6 nitrogen and oxygen atoms in total. The van der Waals surface area contributed by atoms with Crippen LogP contribution in [0.25, 0.3) is 0 Å². The topological polar surface area (TPSA) is 86.0 Å². The number of pyridine rings is 1. The highest BCUT2D eigenvalue weighted by molar-refractivity contribution is 5.82. The van der Waals surface area contributed by atoms with E-state index in [0.717, 1.165) is 30.5 Å². The second kappa shape index (κ2) is 6.82. The van der Waals surface area contributed by atoms with Gasteiger partial charge in [-0.3, -0.25) is 9.59 Å². The molecule has 1 saturated heterocycles. The molecule has 4 N–H and O–H groups in total. The fourth-order valence-corrected chi connectivity index (χ4v) is 3.75. The van der Waals surface area contributed by atoms with Gasteiger partial charge in [-0.2, -0.15) is 0 Å². The van der Waals surface area contributed by atoms with E-state index in [1.807, 2.05) is 24.3 Å². The molecule has 2 aromatic rings. The minimum atomic E-state index is -0.265. The number of aryl methyl sites for hydroxylation is 1. The molecular weight excluding hydrogens is 316 g/mol. The number of H-pyrrole nitrogens is 1. The van der Waals surface area contributed by atoms with Crippen LogP contribution >= 0.6 is 0 Å². The van der Waals surface area contributed by atoms with Crippen molar-refractivity contribution in [2.24, 2.45) is 0 Å². The number of fused-ring (bicyclic) bond motifs is 1. The third-order valence-corrected chi connectivity index (χ3v) is 5.07. The second-order valence-electron chi connectivity index (χ2n) is 6.75. The van der Waals surface area contributed by atoms with Crippen molar-refractivity contribution < 1.29 is 4.79 Å². The maximum absolute atomic E-state index is 12.7. The molecule has 3 unspecified atom stereocenters. The number of aromatic nitrogens is 1. The quantitative estimate of drug-likeness (QED) is 0.683. The molecule has 0 radical (unpaired) electrons. The second-order valence-corrected chi connectivity index (χ2v) is 6.75. The van der Waals surface area contributed by atoms with Crippen LogP contribution in [0.4, 0.5) is 0 Å². The van der Waals surface area contributed by atoms with Gasteiger partial charge in [-0.05, 0) is 42.9 Å². The molecule has 1 aromatic heterocycles. The average molecular weight is 338 g/mol. The number of carbonyl (C=O) groups excluding carboxylic acids is 1. The smallest absolute Gasteiger partial charge is 0.248 e. The van der Waals surface area contributed by atoms with Gasteiger partial charge in [-0.25, -0.2) is 10.9 Å². The van der Waals surface area contributed by atoms with Crippen LogP contribution in [0.1, 0.15) is 48.2 Å². The van der Waals surface area contributed by atoms with Crippen molar-refractivity contribution in [1.82, 2.24) is 21.2 Å². The van der Waals surface area contributed by atoms with Crippen LogP contribution in [0.2, 0.25) is 0 Å². The summed E-state index contributed by atoms with van der Waals surface area (Å²) in [6.07, 6.45) is 3.42. The minimum absolute atomic E-state index is 0.00465. The van der Waals surface area contributed by atoms with E-state index >= 15 is 0 Å². The zero-order valence-electron chi connectivity index (χ0n) is 13.9. The largest absolute Gasteiger partial charge is 0.348 e. The van der Waals surface area contributed by atoms with E-state index in [-0.39, 0.29) is 29.6 Å². The summed E-state index contributed by atoms with van der Waals surface area (Å²) in [6.45, 7) is 0. The molecular formula is C19H22N4O2. The van der Waals surface area contributed by atoms with Crippen molar-refractivity contribution in [3.05, 3.63) is 69.6 Å². The molecule has 1 aliphatic heterocycles. The van der Waals surface area contributed by atoms with Crippen molar-refractivity contribution in [2.75, 3.05) is 0 Å². The monoisotopic (exact) mass is 338 g/mol. The summed E-state index contributed by atoms with van der Waals surface area (Å²) in [5.74, 6) is -0.00465. The van der Waals surface area contributed by atoms with Gasteiger partial charge in [0, 0.05) is 17.8 Å². The zero-order valence-corrected chi connectivity index (χ0v) is 13.9. The molecule has 0 bridgehead atoms. The lowest BCUT2D eigenvalue weighted by Crippen LogP contribution is -2.45. The van der Waals surface area contributed by atoms with Crippen molar-refractivity contribution in [2.45, 2.75) is 43.8 Å². The van der Waals surface area contributed by atoms with Crippen LogP contribution in [0.5, 0.6) is 0 Å². The van der Waals surface area contributed by atoms with Crippen molar-refractivity contribution >= 4 is 5.91 Å². The molecule has 6 heteroatoms. The third-order valence-electron chi connectivity index (χ3n) is 5.07. The van der Waals surface area contributed by atoms with Gasteiger partial charge in [0.15, 0.2) is 0 Å². The maximum Gasteiger partial charge on any atom is 0.248 e. The van der Waals surface area contributed by atoms with Gasteiger partial charge < -0.3 is 10.3 Å². The molecule has 130 valence electrons. The lowest BCUT2D eigenvalue weighted by molar-refractivity contribution is -0.123. The number of nitrogens with one attached hydrogen (secondary N) is 4. The predicted molar refractivity (Wildman–Crippen MR) is 94.7 cm³/mol. The molecule has 2 heterocycles. The van der Waals surface area contributed by atoms with Crippen molar-refractivity contribution in [3.8, 4) is 0 Å². The summed E-state index contributed by atoms with van der Waals surface area (Å²) in [6, 6.07) is 13.3. The number of hydrazine groups is 1. The van der Waals surface area contributed by atoms with Gasteiger partial charge in [-0.1, -0.05) is 30.3 Å². The first-order valence-corrected chi connectivity index (χ1v) is 8.79. The predicted octanol–water partition coefficient (Wildman–Crippen LogP) is 1.48. The van der Waals surface area contributed by atoms with Crippen LogP contribution in [-0.4, -0.2) is 16.9 Å². The van der Waals surface area contributed by atoms with Crippen LogP contribution in [0, 0.1) is 0 Å². The Labute approximate surface area is 146 Å². The fourth-order valence-electron chi connectivity index (χ4n) is 3.75. The van der Waals surface area contributed by atoms with Gasteiger partial charge >= 0.3 is 0 Å². The molecule has 1 aromatic carbocycles. The van der Waals surface area contributed by atoms with Crippen molar-refractivity contribution in [3.63, 3.8) is 0 Å². The van der Waals surface area contributed by atoms with Crippen LogP contribution in [0.15, 0.2) is 47.3 Å². The number of aromatic amines is 1. The van der Waals surface area contributed by atoms with E-state index in [1.54, 1.807) is 0 Å². The lowest BCUT2D eigenvalue weighted by atomic mass is 9.91. The standard InChI is InChI=1S/C19H22N4O2/c24-18-10-9-13-14(20-18)7-4-8-15(13)21-19(25)17-11-16(22-23-17)12-5-2-1-3-6-12/h1-3,5-6,9-10,15-17,22-23H,4,7-8,11H2,(H,20,24)(H,21,25). The molecule has 1 amide bonds. The zero-order chi connectivity index (χ0) is 17.2. The summed E-state index contributed by atoms with van der Waals surface area (Å²) in [5, 5.41) is 3.14. The van der Waals surface area contributed by atoms with Gasteiger partial charge in [0.2, 0.25) is 11.5 Å². The Kier molecular flexibility index (Phi) is 4.38. The average Bonchev–Trinajstić information content (AvgIpc) is 3.13. The van der Waals surface area contributed by atoms with Crippen LogP contribution in [-0.2, 0) is 11.2 Å². The summed E-state index contributed by atoms with van der Waals surface area (Å²) < 4.78 is 0. The summed E-state index contributed by atoms with van der Waals surface area (Å²) in [5.41, 5.74) is 9.38. The highest BCUT2D eigenvalue weighted by Gasteiger charge is 2.32. The summed E-state index contributed by atoms with van der Waals surface area (Å²) in [7, 11) is 0. The fraction of sp³-hybridized carbons (Fsp3) is 0.368. The van der Waals surface area contributed by atoms with Crippen LogP contribution in [0.3, 0.4) is 0 Å². The SMILES string of the molecule is O=C(NC1CCCc2[nH]c(=O)ccc21)C1CC(c2ccccc2)NN1. The highest BCUT2D eigenvalue weighted by atomic mass is 16.2. The van der Waals surface area contributed by atoms with Gasteiger partial charge in [0.1, 0.15) is 6.04 Å². The van der Waals surface area contributed by atoms with Crippen molar-refractivity contribution in [1.29, 1.82) is 0 Å². The Morgan fingerprint density at radius 3 is 2.76 bits per heavy atom. The first-order chi connectivity index (χ1) is 12.2. The van der Waals surface area contributed by atoms with Gasteiger partial charge in [-0.15, -0.1) is 0 Å². The number of amides is 1. The maximum atomic E-state index is 12.7. The molecule has 4 rings (SSSR count). The summed E-state index contributed by atoms with van der Waals surface area (Å²) in [4.78, 5) is 27.1. The summed E-state index contributed by atoms with van der Waals surface area (Å²) >= 11 is 0. The van der Waals surface area contributed by atoms with E-state index in [1.165, 1.54) is 11.6 Å². The number of hydrogen-bond acceptors (Lipinski definition) is 4. The van der Waals surface area contributed by atoms with E-state index in [0.29, 0.717) is 6.42 Å². The molecule has 25 heavy (non-hydrogen) atoms. The molecule has 2 aliphatic rings. The molecule has 0 saturated carbocycles.